The molecule has 1 aliphatic rings. The number of rotatable bonds is 6. The number of carbonyl (C=O) groups is 2. The molecule has 2 N–H and O–H groups in total. The van der Waals surface area contributed by atoms with Crippen LogP contribution in [0.4, 0.5) is 0 Å². The molecule has 1 heterocycles. The number of likely N-dealkylation sites (tertiary alicyclic amines) is 1. The van der Waals surface area contributed by atoms with Gasteiger partial charge >= 0.3 is 0 Å². The van der Waals surface area contributed by atoms with E-state index in [1.807, 2.05) is 12.1 Å². The molecule has 1 aromatic carbocycles. The van der Waals surface area contributed by atoms with E-state index in [2.05, 4.69) is 29.4 Å². The van der Waals surface area contributed by atoms with E-state index in [1.165, 1.54) is 12.8 Å². The van der Waals surface area contributed by atoms with Crippen molar-refractivity contribution in [3.8, 4) is 0 Å². The van der Waals surface area contributed by atoms with Crippen LogP contribution >= 0.6 is 0 Å². The molecule has 1 atom stereocenters. The monoisotopic (exact) mass is 343 g/mol. The predicted octanol–water partition coefficient (Wildman–Crippen LogP) is 2.30. The lowest BCUT2D eigenvalue weighted by molar-refractivity contribution is -0.116. The van der Waals surface area contributed by atoms with E-state index in [-0.39, 0.29) is 11.8 Å². The quantitative estimate of drug-likeness (QED) is 0.779. The van der Waals surface area contributed by atoms with Crippen molar-refractivity contribution in [2.24, 2.45) is 5.92 Å². The highest BCUT2D eigenvalue weighted by molar-refractivity contribution is 5.94. The molecule has 0 saturated carbocycles. The van der Waals surface area contributed by atoms with Crippen molar-refractivity contribution in [1.82, 2.24) is 15.5 Å². The zero-order valence-electron chi connectivity index (χ0n) is 15.4. The topological polar surface area (TPSA) is 61.4 Å². The molecule has 0 radical (unpaired) electrons. The minimum absolute atomic E-state index is 0.0902. The lowest BCUT2D eigenvalue weighted by atomic mass is 9.98. The van der Waals surface area contributed by atoms with Gasteiger partial charge in [-0.05, 0) is 62.5 Å². The molecule has 5 heteroatoms. The largest absolute Gasteiger partial charge is 0.355 e. The molecule has 0 bridgehead atoms. The van der Waals surface area contributed by atoms with Crippen molar-refractivity contribution in [3.05, 3.63) is 41.5 Å². The second-order valence-electron chi connectivity index (χ2n) is 6.85. The molecule has 0 aliphatic carbocycles. The second-order valence-corrected chi connectivity index (χ2v) is 6.85. The highest BCUT2D eigenvalue weighted by Crippen LogP contribution is 2.17. The summed E-state index contributed by atoms with van der Waals surface area (Å²) in [6, 6.07) is 7.50. The molecule has 2 rings (SSSR count). The van der Waals surface area contributed by atoms with Gasteiger partial charge in [-0.15, -0.1) is 0 Å². The molecule has 1 unspecified atom stereocenters. The van der Waals surface area contributed by atoms with Crippen molar-refractivity contribution in [2.75, 3.05) is 26.7 Å². The molecule has 25 heavy (non-hydrogen) atoms. The summed E-state index contributed by atoms with van der Waals surface area (Å²) in [6.07, 6.45) is 5.78. The minimum Gasteiger partial charge on any atom is -0.355 e. The van der Waals surface area contributed by atoms with Gasteiger partial charge in [0.1, 0.15) is 0 Å². The SMILES string of the molecule is CNC(=O)c1ccc(/C=C/C(=O)NCC(C)N2CCC(C)CC2)cc1. The van der Waals surface area contributed by atoms with E-state index >= 15 is 0 Å². The number of nitrogens with one attached hydrogen (secondary N) is 2. The van der Waals surface area contributed by atoms with Gasteiger partial charge in [-0.25, -0.2) is 0 Å². The first-order valence-electron chi connectivity index (χ1n) is 9.01. The third kappa shape index (κ3) is 6.02. The number of benzene rings is 1. The third-order valence-corrected chi connectivity index (χ3v) is 4.84. The van der Waals surface area contributed by atoms with Crippen LogP contribution in [0.3, 0.4) is 0 Å². The van der Waals surface area contributed by atoms with Crippen LogP contribution in [0.25, 0.3) is 6.08 Å². The smallest absolute Gasteiger partial charge is 0.251 e. The van der Waals surface area contributed by atoms with Gasteiger partial charge in [0.15, 0.2) is 0 Å². The maximum absolute atomic E-state index is 12.0. The molecule has 5 nitrogen and oxygen atoms in total. The fourth-order valence-corrected chi connectivity index (χ4v) is 2.97. The van der Waals surface area contributed by atoms with E-state index < -0.39 is 0 Å². The lowest BCUT2D eigenvalue weighted by Crippen LogP contribution is -2.45. The number of piperidine rings is 1. The van der Waals surface area contributed by atoms with E-state index in [9.17, 15) is 9.59 Å². The Morgan fingerprint density at radius 2 is 1.88 bits per heavy atom. The Balaban J connectivity index is 1.77. The van der Waals surface area contributed by atoms with Gasteiger partial charge in [0, 0.05) is 31.3 Å². The standard InChI is InChI=1S/C20H29N3O2/c1-15-10-12-23(13-11-15)16(2)14-22-19(24)9-6-17-4-7-18(8-5-17)20(25)21-3/h4-9,15-16H,10-14H2,1-3H3,(H,21,25)(H,22,24)/b9-6+. The van der Waals surface area contributed by atoms with E-state index in [1.54, 1.807) is 31.3 Å². The molecule has 0 spiro atoms. The Kier molecular flexibility index (Phi) is 7.19. The summed E-state index contributed by atoms with van der Waals surface area (Å²) in [5.74, 6) is 0.609. The number of hydrogen-bond acceptors (Lipinski definition) is 3. The van der Waals surface area contributed by atoms with E-state index in [4.69, 9.17) is 0 Å². The molecule has 1 aromatic rings. The van der Waals surface area contributed by atoms with E-state index in [0.29, 0.717) is 18.2 Å². The zero-order chi connectivity index (χ0) is 18.2. The molecular weight excluding hydrogens is 314 g/mol. The fourth-order valence-electron chi connectivity index (χ4n) is 2.97. The summed E-state index contributed by atoms with van der Waals surface area (Å²) in [4.78, 5) is 25.9. The summed E-state index contributed by atoms with van der Waals surface area (Å²) in [7, 11) is 1.60. The Morgan fingerprint density at radius 3 is 2.48 bits per heavy atom. The molecule has 1 fully saturated rings. The number of nitrogens with zero attached hydrogens (tertiary/aromatic N) is 1. The number of carbonyl (C=O) groups excluding carboxylic acids is 2. The number of amides is 2. The van der Waals surface area contributed by atoms with Crippen molar-refractivity contribution < 1.29 is 9.59 Å². The van der Waals surface area contributed by atoms with Gasteiger partial charge in [0.05, 0.1) is 0 Å². The summed E-state index contributed by atoms with van der Waals surface area (Å²) in [5, 5.41) is 5.55. The van der Waals surface area contributed by atoms with Gasteiger partial charge in [-0.3, -0.25) is 14.5 Å². The van der Waals surface area contributed by atoms with Crippen LogP contribution in [0, 0.1) is 5.92 Å². The average molecular weight is 343 g/mol. The maximum Gasteiger partial charge on any atom is 0.251 e. The Morgan fingerprint density at radius 1 is 1.24 bits per heavy atom. The summed E-state index contributed by atoms with van der Waals surface area (Å²) in [5.41, 5.74) is 1.50. The minimum atomic E-state index is -0.116. The van der Waals surface area contributed by atoms with Gasteiger partial charge in [0.25, 0.3) is 5.91 Å². The fraction of sp³-hybridized carbons (Fsp3) is 0.500. The van der Waals surface area contributed by atoms with Crippen LogP contribution in [-0.4, -0.2) is 49.4 Å². The summed E-state index contributed by atoms with van der Waals surface area (Å²) < 4.78 is 0. The maximum atomic E-state index is 12.0. The first-order chi connectivity index (χ1) is 12.0. The van der Waals surface area contributed by atoms with Crippen LogP contribution in [0.1, 0.15) is 42.6 Å². The second kappa shape index (κ2) is 9.37. The van der Waals surface area contributed by atoms with Crippen molar-refractivity contribution in [2.45, 2.75) is 32.7 Å². The third-order valence-electron chi connectivity index (χ3n) is 4.84. The van der Waals surface area contributed by atoms with Gasteiger partial charge in [0.2, 0.25) is 5.91 Å². The zero-order valence-corrected chi connectivity index (χ0v) is 15.4. The average Bonchev–Trinajstić information content (AvgIpc) is 2.64. The van der Waals surface area contributed by atoms with Crippen molar-refractivity contribution in [3.63, 3.8) is 0 Å². The van der Waals surface area contributed by atoms with Gasteiger partial charge in [-0.2, -0.15) is 0 Å². The highest BCUT2D eigenvalue weighted by Gasteiger charge is 2.20. The van der Waals surface area contributed by atoms with Crippen LogP contribution in [0.2, 0.25) is 0 Å². The van der Waals surface area contributed by atoms with Crippen LogP contribution < -0.4 is 10.6 Å². The Labute approximate surface area is 150 Å². The molecule has 1 aliphatic heterocycles. The Bertz CT molecular complexity index is 602. The van der Waals surface area contributed by atoms with Crippen molar-refractivity contribution >= 4 is 17.9 Å². The number of hydrogen-bond donors (Lipinski definition) is 2. The molecule has 136 valence electrons. The normalized spacial score (nSPS) is 17.4. The molecular formula is C20H29N3O2. The van der Waals surface area contributed by atoms with Crippen LogP contribution in [0.15, 0.2) is 30.3 Å². The van der Waals surface area contributed by atoms with Crippen molar-refractivity contribution in [1.29, 1.82) is 0 Å². The van der Waals surface area contributed by atoms with Crippen LogP contribution in [-0.2, 0) is 4.79 Å². The summed E-state index contributed by atoms with van der Waals surface area (Å²) >= 11 is 0. The first-order valence-corrected chi connectivity index (χ1v) is 9.01. The first kappa shape index (κ1) is 19.2. The molecule has 0 aromatic heterocycles. The lowest BCUT2D eigenvalue weighted by Gasteiger charge is -2.34. The summed E-state index contributed by atoms with van der Waals surface area (Å²) in [6.45, 7) is 7.36. The Hall–Kier alpha value is -2.14. The van der Waals surface area contributed by atoms with Gasteiger partial charge < -0.3 is 10.6 Å². The van der Waals surface area contributed by atoms with Gasteiger partial charge in [-0.1, -0.05) is 19.1 Å². The van der Waals surface area contributed by atoms with Crippen LogP contribution in [0.5, 0.6) is 0 Å². The van der Waals surface area contributed by atoms with E-state index in [0.717, 1.165) is 24.6 Å². The highest BCUT2D eigenvalue weighted by atomic mass is 16.2. The molecule has 2 amide bonds. The molecule has 1 saturated heterocycles. The predicted molar refractivity (Wildman–Crippen MR) is 101 cm³/mol.